The van der Waals surface area contributed by atoms with E-state index in [4.69, 9.17) is 11.6 Å². The van der Waals surface area contributed by atoms with Crippen molar-refractivity contribution in [1.29, 1.82) is 0 Å². The zero-order chi connectivity index (χ0) is 14.3. The summed E-state index contributed by atoms with van der Waals surface area (Å²) < 4.78 is 0. The van der Waals surface area contributed by atoms with Crippen LogP contribution in [0.5, 0.6) is 0 Å². The summed E-state index contributed by atoms with van der Waals surface area (Å²) in [6.45, 7) is 3.21. The van der Waals surface area contributed by atoms with Gasteiger partial charge in [0.15, 0.2) is 5.78 Å². The van der Waals surface area contributed by atoms with E-state index in [1.54, 1.807) is 31.3 Å². The monoisotopic (exact) mass is 282 g/mol. The highest BCUT2D eigenvalue weighted by Crippen LogP contribution is 2.10. The number of carbonyl (C=O) groups is 2. The normalized spacial score (nSPS) is 10.5. The lowest BCUT2D eigenvalue weighted by Crippen LogP contribution is -2.39. The van der Waals surface area contributed by atoms with E-state index in [1.807, 2.05) is 11.8 Å². The van der Waals surface area contributed by atoms with E-state index in [1.165, 1.54) is 0 Å². The fourth-order valence-electron chi connectivity index (χ4n) is 1.74. The minimum atomic E-state index is -0.0858. The second-order valence-corrected chi connectivity index (χ2v) is 4.75. The topological polar surface area (TPSA) is 49.4 Å². The highest BCUT2D eigenvalue weighted by molar-refractivity contribution is 6.30. The van der Waals surface area contributed by atoms with Crippen LogP contribution in [0.25, 0.3) is 0 Å². The summed E-state index contributed by atoms with van der Waals surface area (Å²) in [5, 5.41) is 3.17. The van der Waals surface area contributed by atoms with Gasteiger partial charge in [0.1, 0.15) is 0 Å². The van der Waals surface area contributed by atoms with E-state index in [-0.39, 0.29) is 24.8 Å². The lowest BCUT2D eigenvalue weighted by Gasteiger charge is -2.19. The number of nitrogens with one attached hydrogen (secondary N) is 1. The van der Waals surface area contributed by atoms with Crippen molar-refractivity contribution in [1.82, 2.24) is 10.2 Å². The molecule has 0 radical (unpaired) electrons. The summed E-state index contributed by atoms with van der Waals surface area (Å²) in [4.78, 5) is 25.3. The molecule has 4 nitrogen and oxygen atoms in total. The molecule has 0 aliphatic carbocycles. The molecular formula is C14H19ClN2O2. The Balaban J connectivity index is 2.65. The largest absolute Gasteiger partial charge is 0.358 e. The van der Waals surface area contributed by atoms with Gasteiger partial charge in [-0.25, -0.2) is 0 Å². The lowest BCUT2D eigenvalue weighted by molar-refractivity contribution is -0.121. The summed E-state index contributed by atoms with van der Waals surface area (Å²) in [5.74, 6) is -0.0913. The van der Waals surface area contributed by atoms with Crippen molar-refractivity contribution in [3.05, 3.63) is 34.9 Å². The average molecular weight is 283 g/mol. The summed E-state index contributed by atoms with van der Waals surface area (Å²) in [7, 11) is 1.59. The van der Waals surface area contributed by atoms with Crippen molar-refractivity contribution < 1.29 is 9.59 Å². The standard InChI is InChI=1S/C14H19ClN2O2/c1-3-8-17(10-14(19)16-2)9-13(18)11-4-6-12(15)7-5-11/h4-7H,3,8-10H2,1-2H3,(H,16,19). The maximum Gasteiger partial charge on any atom is 0.233 e. The highest BCUT2D eigenvalue weighted by Gasteiger charge is 2.14. The van der Waals surface area contributed by atoms with Gasteiger partial charge < -0.3 is 5.32 Å². The third kappa shape index (κ3) is 5.41. The molecule has 1 aromatic rings. The minimum Gasteiger partial charge on any atom is -0.358 e. The lowest BCUT2D eigenvalue weighted by atomic mass is 10.1. The molecule has 0 spiro atoms. The molecule has 1 amide bonds. The second-order valence-electron chi connectivity index (χ2n) is 4.31. The molecule has 0 fully saturated rings. The van der Waals surface area contributed by atoms with Crippen LogP contribution in [0.1, 0.15) is 23.7 Å². The summed E-state index contributed by atoms with van der Waals surface area (Å²) in [6, 6.07) is 6.79. The first-order valence-corrected chi connectivity index (χ1v) is 6.66. The van der Waals surface area contributed by atoms with Crippen molar-refractivity contribution in [2.45, 2.75) is 13.3 Å². The zero-order valence-corrected chi connectivity index (χ0v) is 12.0. The number of benzene rings is 1. The fraction of sp³-hybridized carbons (Fsp3) is 0.429. The van der Waals surface area contributed by atoms with Gasteiger partial charge in [0.05, 0.1) is 13.1 Å². The number of Topliss-reactive ketones (excluding diaryl/α,β-unsaturated/α-hetero) is 1. The first-order valence-electron chi connectivity index (χ1n) is 6.28. The third-order valence-corrected chi connectivity index (χ3v) is 2.97. The molecule has 0 aliphatic rings. The number of carbonyl (C=O) groups excluding carboxylic acids is 2. The Morgan fingerprint density at radius 3 is 2.37 bits per heavy atom. The molecule has 0 aliphatic heterocycles. The van der Waals surface area contributed by atoms with E-state index < -0.39 is 0 Å². The number of nitrogens with zero attached hydrogens (tertiary/aromatic N) is 1. The number of hydrogen-bond acceptors (Lipinski definition) is 3. The van der Waals surface area contributed by atoms with E-state index >= 15 is 0 Å². The van der Waals surface area contributed by atoms with Crippen molar-refractivity contribution >= 4 is 23.3 Å². The highest BCUT2D eigenvalue weighted by atomic mass is 35.5. The van der Waals surface area contributed by atoms with Gasteiger partial charge in [-0.05, 0) is 37.2 Å². The molecule has 0 heterocycles. The SMILES string of the molecule is CCCN(CC(=O)NC)CC(=O)c1ccc(Cl)cc1. The summed E-state index contributed by atoms with van der Waals surface area (Å²) in [6.07, 6.45) is 0.894. The number of rotatable bonds is 7. The van der Waals surface area contributed by atoms with Crippen LogP contribution < -0.4 is 5.32 Å². The molecule has 5 heteroatoms. The van der Waals surface area contributed by atoms with Crippen LogP contribution in [-0.2, 0) is 4.79 Å². The molecule has 0 saturated heterocycles. The van der Waals surface area contributed by atoms with E-state index in [0.29, 0.717) is 17.1 Å². The molecule has 0 unspecified atom stereocenters. The molecule has 0 atom stereocenters. The number of hydrogen-bond donors (Lipinski definition) is 1. The molecule has 1 rings (SSSR count). The Morgan fingerprint density at radius 2 is 1.84 bits per heavy atom. The third-order valence-electron chi connectivity index (χ3n) is 2.72. The van der Waals surface area contributed by atoms with E-state index in [2.05, 4.69) is 5.32 Å². The van der Waals surface area contributed by atoms with Gasteiger partial charge in [-0.15, -0.1) is 0 Å². The van der Waals surface area contributed by atoms with Gasteiger partial charge in [0.2, 0.25) is 5.91 Å². The van der Waals surface area contributed by atoms with Gasteiger partial charge in [-0.2, -0.15) is 0 Å². The van der Waals surface area contributed by atoms with Crippen LogP contribution in [0.4, 0.5) is 0 Å². The smallest absolute Gasteiger partial charge is 0.233 e. The van der Waals surface area contributed by atoms with Gasteiger partial charge in [-0.1, -0.05) is 18.5 Å². The first-order chi connectivity index (χ1) is 9.06. The number of amides is 1. The molecule has 0 bridgehead atoms. The average Bonchev–Trinajstić information content (AvgIpc) is 2.39. The predicted molar refractivity (Wildman–Crippen MR) is 76.6 cm³/mol. The van der Waals surface area contributed by atoms with Crippen molar-refractivity contribution in [2.24, 2.45) is 0 Å². The maximum atomic E-state index is 12.1. The molecule has 104 valence electrons. The van der Waals surface area contributed by atoms with Crippen LogP contribution >= 0.6 is 11.6 Å². The molecule has 1 N–H and O–H groups in total. The van der Waals surface area contributed by atoms with Crippen LogP contribution in [0.3, 0.4) is 0 Å². The fourth-order valence-corrected chi connectivity index (χ4v) is 1.87. The molecule has 19 heavy (non-hydrogen) atoms. The van der Waals surface area contributed by atoms with E-state index in [9.17, 15) is 9.59 Å². The van der Waals surface area contributed by atoms with Crippen LogP contribution in [0.2, 0.25) is 5.02 Å². The zero-order valence-electron chi connectivity index (χ0n) is 11.3. The Kier molecular flexibility index (Phi) is 6.53. The first kappa shape index (κ1) is 15.7. The number of likely N-dealkylation sites (N-methyl/N-ethyl adjacent to an activating group) is 1. The molecular weight excluding hydrogens is 264 g/mol. The van der Waals surface area contributed by atoms with Gasteiger partial charge in [0, 0.05) is 17.6 Å². The van der Waals surface area contributed by atoms with Crippen molar-refractivity contribution in [2.75, 3.05) is 26.7 Å². The number of ketones is 1. The van der Waals surface area contributed by atoms with Crippen LogP contribution in [0, 0.1) is 0 Å². The quantitative estimate of drug-likeness (QED) is 0.778. The molecule has 0 saturated carbocycles. The number of halogens is 1. The minimum absolute atomic E-state index is 0.00554. The van der Waals surface area contributed by atoms with Gasteiger partial charge in [0.25, 0.3) is 0 Å². The predicted octanol–water partition coefficient (Wildman–Crippen LogP) is 1.98. The van der Waals surface area contributed by atoms with Crippen LogP contribution in [-0.4, -0.2) is 43.3 Å². The Morgan fingerprint density at radius 1 is 1.21 bits per heavy atom. The molecule has 0 aromatic heterocycles. The molecule has 1 aromatic carbocycles. The van der Waals surface area contributed by atoms with Crippen LogP contribution in [0.15, 0.2) is 24.3 Å². The second kappa shape index (κ2) is 7.92. The Bertz CT molecular complexity index is 432. The Hall–Kier alpha value is -1.39. The van der Waals surface area contributed by atoms with Crippen molar-refractivity contribution in [3.63, 3.8) is 0 Å². The summed E-state index contributed by atoms with van der Waals surface area (Å²) in [5.41, 5.74) is 0.613. The Labute approximate surface area is 118 Å². The van der Waals surface area contributed by atoms with E-state index in [0.717, 1.165) is 6.42 Å². The summed E-state index contributed by atoms with van der Waals surface area (Å²) >= 11 is 5.78. The van der Waals surface area contributed by atoms with Gasteiger partial charge >= 0.3 is 0 Å². The maximum absolute atomic E-state index is 12.1. The van der Waals surface area contributed by atoms with Gasteiger partial charge in [-0.3, -0.25) is 14.5 Å². The van der Waals surface area contributed by atoms with Crippen molar-refractivity contribution in [3.8, 4) is 0 Å².